The molecule has 1 aromatic heterocycles. The van der Waals surface area contributed by atoms with Crippen LogP contribution in [0.25, 0.3) is 0 Å². The van der Waals surface area contributed by atoms with Crippen LogP contribution < -0.4 is 16.0 Å². The van der Waals surface area contributed by atoms with Crippen LogP contribution in [0, 0.1) is 6.92 Å². The molecule has 132 valence electrons. The molecule has 6 nitrogen and oxygen atoms in total. The van der Waals surface area contributed by atoms with Gasteiger partial charge < -0.3 is 16.0 Å². The number of aromatic nitrogens is 2. The number of nitrogens with zero attached hydrogens (tertiary/aromatic N) is 2. The summed E-state index contributed by atoms with van der Waals surface area (Å²) in [4.78, 5) is 20.3. The van der Waals surface area contributed by atoms with Crippen LogP contribution >= 0.6 is 11.6 Å². The molecule has 2 aromatic carbocycles. The molecule has 0 saturated heterocycles. The Morgan fingerprint density at radius 1 is 1.00 bits per heavy atom. The van der Waals surface area contributed by atoms with Crippen molar-refractivity contribution < 1.29 is 4.79 Å². The van der Waals surface area contributed by atoms with Gasteiger partial charge in [-0.15, -0.1) is 0 Å². The lowest BCUT2D eigenvalue weighted by molar-refractivity contribution is 0.262. The Bertz CT molecular complexity index is 916. The molecular weight excluding hydrogens is 350 g/mol. The summed E-state index contributed by atoms with van der Waals surface area (Å²) >= 11 is 5.98. The van der Waals surface area contributed by atoms with Gasteiger partial charge in [-0.1, -0.05) is 35.9 Å². The number of anilines is 3. The van der Waals surface area contributed by atoms with Crippen LogP contribution in [0.1, 0.15) is 11.1 Å². The molecule has 1 heterocycles. The maximum atomic E-state index is 12.2. The number of carbonyl (C=O) groups is 1. The van der Waals surface area contributed by atoms with Crippen molar-refractivity contribution in [2.45, 2.75) is 13.5 Å². The largest absolute Gasteiger partial charge is 0.363 e. The van der Waals surface area contributed by atoms with E-state index >= 15 is 0 Å². The highest BCUT2D eigenvalue weighted by Crippen LogP contribution is 2.17. The van der Waals surface area contributed by atoms with Gasteiger partial charge in [-0.25, -0.2) is 14.8 Å². The van der Waals surface area contributed by atoms with Crippen molar-refractivity contribution in [2.24, 2.45) is 0 Å². The van der Waals surface area contributed by atoms with Crippen LogP contribution in [0.4, 0.5) is 22.0 Å². The Balaban J connectivity index is 1.60. The fourth-order valence-electron chi connectivity index (χ4n) is 2.40. The number of nitrogens with one attached hydrogen (secondary N) is 3. The van der Waals surface area contributed by atoms with Crippen LogP contribution in [0.5, 0.6) is 0 Å². The van der Waals surface area contributed by atoms with Gasteiger partial charge in [-0.2, -0.15) is 0 Å². The van der Waals surface area contributed by atoms with Crippen molar-refractivity contribution in [1.82, 2.24) is 9.97 Å². The van der Waals surface area contributed by atoms with E-state index in [-0.39, 0.29) is 6.03 Å². The first kappa shape index (κ1) is 17.7. The first-order valence-corrected chi connectivity index (χ1v) is 8.42. The van der Waals surface area contributed by atoms with Gasteiger partial charge in [0.25, 0.3) is 0 Å². The second-order valence-electron chi connectivity index (χ2n) is 5.70. The minimum atomic E-state index is -0.294. The Morgan fingerprint density at radius 3 is 2.42 bits per heavy atom. The smallest absolute Gasteiger partial charge is 0.323 e. The van der Waals surface area contributed by atoms with Crippen molar-refractivity contribution >= 4 is 34.8 Å². The molecule has 26 heavy (non-hydrogen) atoms. The molecule has 2 amide bonds. The molecule has 0 aliphatic heterocycles. The van der Waals surface area contributed by atoms with E-state index in [9.17, 15) is 4.79 Å². The molecule has 7 heteroatoms. The number of aryl methyl sites for hydroxylation is 1. The zero-order valence-corrected chi connectivity index (χ0v) is 14.9. The van der Waals surface area contributed by atoms with E-state index in [1.165, 1.54) is 6.20 Å². The van der Waals surface area contributed by atoms with Gasteiger partial charge in [0.1, 0.15) is 0 Å². The standard InChI is InChI=1S/C19H18ClN5O/c1-13-4-2-6-15(10-13)24-19(26)25-16-7-3-5-14(11-16)12-23-18-17(20)21-8-9-22-18/h2-11H,12H2,1H3,(H,22,23)(H2,24,25,26). The average Bonchev–Trinajstić information content (AvgIpc) is 2.61. The number of hydrogen-bond donors (Lipinski definition) is 3. The van der Waals surface area contributed by atoms with E-state index in [1.807, 2.05) is 55.5 Å². The van der Waals surface area contributed by atoms with Crippen molar-refractivity contribution in [3.05, 3.63) is 77.2 Å². The van der Waals surface area contributed by atoms with Crippen molar-refractivity contribution in [3.8, 4) is 0 Å². The number of amides is 2. The van der Waals surface area contributed by atoms with Crippen LogP contribution in [0.3, 0.4) is 0 Å². The maximum absolute atomic E-state index is 12.2. The zero-order valence-electron chi connectivity index (χ0n) is 14.2. The molecule has 0 aliphatic carbocycles. The number of rotatable bonds is 5. The summed E-state index contributed by atoms with van der Waals surface area (Å²) in [6.07, 6.45) is 3.10. The molecule has 0 atom stereocenters. The third-order valence-corrected chi connectivity index (χ3v) is 3.85. The maximum Gasteiger partial charge on any atom is 0.323 e. The second-order valence-corrected chi connectivity index (χ2v) is 6.06. The van der Waals surface area contributed by atoms with E-state index in [0.717, 1.165) is 16.8 Å². The summed E-state index contributed by atoms with van der Waals surface area (Å²) in [5, 5.41) is 9.08. The Hall–Kier alpha value is -3.12. The zero-order chi connectivity index (χ0) is 18.4. The van der Waals surface area contributed by atoms with Gasteiger partial charge in [0.15, 0.2) is 11.0 Å². The van der Waals surface area contributed by atoms with Crippen LogP contribution in [-0.4, -0.2) is 16.0 Å². The number of urea groups is 1. The highest BCUT2D eigenvalue weighted by atomic mass is 35.5. The molecule has 0 aliphatic rings. The second kappa shape index (κ2) is 8.31. The quantitative estimate of drug-likeness (QED) is 0.611. The molecule has 0 radical (unpaired) electrons. The summed E-state index contributed by atoms with van der Waals surface area (Å²) in [5.74, 6) is 0.518. The lowest BCUT2D eigenvalue weighted by Crippen LogP contribution is -2.19. The molecule has 0 bridgehead atoms. The van der Waals surface area contributed by atoms with E-state index in [1.54, 1.807) is 6.20 Å². The minimum absolute atomic E-state index is 0.294. The number of benzene rings is 2. The van der Waals surface area contributed by atoms with Crippen molar-refractivity contribution in [3.63, 3.8) is 0 Å². The van der Waals surface area contributed by atoms with E-state index < -0.39 is 0 Å². The van der Waals surface area contributed by atoms with Crippen molar-refractivity contribution in [2.75, 3.05) is 16.0 Å². The highest BCUT2D eigenvalue weighted by molar-refractivity contribution is 6.31. The highest BCUT2D eigenvalue weighted by Gasteiger charge is 2.05. The summed E-state index contributed by atoms with van der Waals surface area (Å²) < 4.78 is 0. The molecule has 3 N–H and O–H groups in total. The first-order valence-electron chi connectivity index (χ1n) is 8.04. The van der Waals surface area contributed by atoms with Crippen molar-refractivity contribution in [1.29, 1.82) is 0 Å². The summed E-state index contributed by atoms with van der Waals surface area (Å²) in [6, 6.07) is 14.9. The lowest BCUT2D eigenvalue weighted by Gasteiger charge is -2.10. The monoisotopic (exact) mass is 367 g/mol. The lowest BCUT2D eigenvalue weighted by atomic mass is 10.2. The van der Waals surface area contributed by atoms with Gasteiger partial charge in [0, 0.05) is 30.3 Å². The van der Waals surface area contributed by atoms with Crippen LogP contribution in [0.2, 0.25) is 5.15 Å². The third-order valence-electron chi connectivity index (χ3n) is 3.57. The number of hydrogen-bond acceptors (Lipinski definition) is 4. The molecule has 0 saturated carbocycles. The van der Waals surface area contributed by atoms with Crippen LogP contribution in [0.15, 0.2) is 60.9 Å². The van der Waals surface area contributed by atoms with E-state index in [4.69, 9.17) is 11.6 Å². The number of carbonyl (C=O) groups excluding carboxylic acids is 1. The molecular formula is C19H18ClN5O. The summed E-state index contributed by atoms with van der Waals surface area (Å²) in [5.41, 5.74) is 3.50. The molecule has 3 rings (SSSR count). The SMILES string of the molecule is Cc1cccc(NC(=O)Nc2cccc(CNc3nccnc3Cl)c2)c1. The summed E-state index contributed by atoms with van der Waals surface area (Å²) in [6.45, 7) is 2.48. The van der Waals surface area contributed by atoms with Gasteiger partial charge in [0.05, 0.1) is 0 Å². The average molecular weight is 368 g/mol. The summed E-state index contributed by atoms with van der Waals surface area (Å²) in [7, 11) is 0. The third kappa shape index (κ3) is 4.94. The molecule has 0 unspecified atom stereocenters. The van der Waals surface area contributed by atoms with Crippen LogP contribution in [-0.2, 0) is 6.54 Å². The Kier molecular flexibility index (Phi) is 5.66. The fourth-order valence-corrected chi connectivity index (χ4v) is 2.57. The van der Waals surface area contributed by atoms with E-state index in [2.05, 4.69) is 25.9 Å². The topological polar surface area (TPSA) is 78.9 Å². The fraction of sp³-hybridized carbons (Fsp3) is 0.105. The molecule has 0 fully saturated rings. The van der Waals surface area contributed by atoms with Gasteiger partial charge >= 0.3 is 6.03 Å². The van der Waals surface area contributed by atoms with Gasteiger partial charge in [0.2, 0.25) is 0 Å². The predicted octanol–water partition coefficient (Wildman–Crippen LogP) is 4.69. The minimum Gasteiger partial charge on any atom is -0.363 e. The molecule has 0 spiro atoms. The van der Waals surface area contributed by atoms with Gasteiger partial charge in [-0.3, -0.25) is 0 Å². The first-order chi connectivity index (χ1) is 12.6. The molecule has 3 aromatic rings. The van der Waals surface area contributed by atoms with Gasteiger partial charge in [-0.05, 0) is 42.3 Å². The normalized spacial score (nSPS) is 10.2. The predicted molar refractivity (Wildman–Crippen MR) is 105 cm³/mol. The Morgan fingerprint density at radius 2 is 1.69 bits per heavy atom. The van der Waals surface area contributed by atoms with E-state index in [0.29, 0.717) is 23.2 Å². The number of halogens is 1. The Labute approximate surface area is 156 Å².